The Morgan fingerprint density at radius 3 is 2.71 bits per heavy atom. The van der Waals surface area contributed by atoms with E-state index in [0.717, 1.165) is 28.9 Å². The van der Waals surface area contributed by atoms with Gasteiger partial charge in [0.25, 0.3) is 0 Å². The lowest BCUT2D eigenvalue weighted by Gasteiger charge is -2.30. The highest BCUT2D eigenvalue weighted by atomic mass is 32.1. The molecule has 1 aromatic heterocycles. The van der Waals surface area contributed by atoms with Gasteiger partial charge in [-0.15, -0.1) is 0 Å². The van der Waals surface area contributed by atoms with Crippen LogP contribution >= 0.6 is 11.5 Å². The van der Waals surface area contributed by atoms with Gasteiger partial charge in [-0.25, -0.2) is 4.98 Å². The first-order valence-electron chi connectivity index (χ1n) is 6.95. The fourth-order valence-electron chi connectivity index (χ4n) is 2.04. The number of benzene rings is 1. The molecule has 3 rings (SSSR count). The molecule has 0 radical (unpaired) electrons. The van der Waals surface area contributed by atoms with Crippen LogP contribution in [0, 0.1) is 0 Å². The van der Waals surface area contributed by atoms with Crippen LogP contribution in [0.5, 0.6) is 0 Å². The highest BCUT2D eigenvalue weighted by Gasteiger charge is 2.25. The summed E-state index contributed by atoms with van der Waals surface area (Å²) in [6, 6.07) is 7.82. The molecule has 0 atom stereocenters. The van der Waals surface area contributed by atoms with E-state index in [1.165, 1.54) is 11.5 Å². The van der Waals surface area contributed by atoms with Gasteiger partial charge < -0.3 is 10.2 Å². The quantitative estimate of drug-likeness (QED) is 0.884. The summed E-state index contributed by atoms with van der Waals surface area (Å²) in [6.07, 6.45) is 0.642. The van der Waals surface area contributed by atoms with Gasteiger partial charge in [0.2, 0.25) is 11.0 Å². The molecular weight excluding hydrogens is 284 g/mol. The fraction of sp³-hybridized carbons (Fsp3) is 0.400. The number of carbonyl (C=O) groups is 1. The van der Waals surface area contributed by atoms with Crippen molar-refractivity contribution in [2.75, 3.05) is 16.8 Å². The molecule has 1 amide bonds. The largest absolute Gasteiger partial charge is 0.330 e. The second-order valence-corrected chi connectivity index (χ2v) is 6.90. The Hall–Kier alpha value is -1.95. The first-order chi connectivity index (χ1) is 9.93. The summed E-state index contributed by atoms with van der Waals surface area (Å²) < 4.78 is 4.38. The lowest BCUT2D eigenvalue weighted by atomic mass is 9.96. The number of nitrogens with one attached hydrogen (secondary N) is 1. The smallest absolute Gasteiger partial charge is 0.228 e. The van der Waals surface area contributed by atoms with Gasteiger partial charge in [-0.2, -0.15) is 4.37 Å². The predicted molar refractivity (Wildman–Crippen MR) is 85.3 cm³/mol. The molecule has 0 aliphatic carbocycles. The Kier molecular flexibility index (Phi) is 3.41. The van der Waals surface area contributed by atoms with Crippen LogP contribution < -0.4 is 10.2 Å². The van der Waals surface area contributed by atoms with E-state index < -0.39 is 0 Å². The highest BCUT2D eigenvalue weighted by Crippen LogP contribution is 2.28. The Morgan fingerprint density at radius 1 is 1.33 bits per heavy atom. The van der Waals surface area contributed by atoms with E-state index in [1.54, 1.807) is 4.90 Å². The number of carbonyl (C=O) groups excluding carboxylic acids is 1. The zero-order chi connectivity index (χ0) is 15.0. The van der Waals surface area contributed by atoms with Gasteiger partial charge in [-0.1, -0.05) is 26.8 Å². The molecule has 5 nitrogen and oxygen atoms in total. The molecule has 1 N–H and O–H groups in total. The number of β-lactam (4-membered cyclic amide) rings is 1. The number of nitrogens with zero attached hydrogens (tertiary/aromatic N) is 3. The number of aromatic nitrogens is 2. The Labute approximate surface area is 128 Å². The molecule has 6 heteroatoms. The van der Waals surface area contributed by atoms with Crippen LogP contribution in [0.25, 0.3) is 0 Å². The molecule has 2 heterocycles. The number of anilines is 3. The minimum absolute atomic E-state index is 0.0532. The van der Waals surface area contributed by atoms with Crippen LogP contribution in [0.15, 0.2) is 24.3 Å². The summed E-state index contributed by atoms with van der Waals surface area (Å²) in [5, 5.41) is 4.03. The van der Waals surface area contributed by atoms with Gasteiger partial charge in [0.1, 0.15) is 5.82 Å². The minimum atomic E-state index is -0.0532. The van der Waals surface area contributed by atoms with Gasteiger partial charge in [0.05, 0.1) is 0 Å². The Bertz CT molecular complexity index is 674. The molecule has 0 saturated carbocycles. The molecule has 0 bridgehead atoms. The van der Waals surface area contributed by atoms with E-state index in [9.17, 15) is 4.79 Å². The zero-order valence-electron chi connectivity index (χ0n) is 12.4. The van der Waals surface area contributed by atoms with Gasteiger partial charge in [0, 0.05) is 41.3 Å². The molecule has 1 aliphatic heterocycles. The molecule has 1 aliphatic rings. The van der Waals surface area contributed by atoms with Crippen molar-refractivity contribution >= 4 is 33.9 Å². The van der Waals surface area contributed by atoms with E-state index in [1.807, 2.05) is 24.3 Å². The van der Waals surface area contributed by atoms with Crippen molar-refractivity contribution in [3.8, 4) is 0 Å². The number of hydrogen-bond donors (Lipinski definition) is 1. The second-order valence-electron chi connectivity index (χ2n) is 6.14. The van der Waals surface area contributed by atoms with E-state index in [-0.39, 0.29) is 11.3 Å². The lowest BCUT2D eigenvalue weighted by molar-refractivity contribution is -0.122. The molecule has 21 heavy (non-hydrogen) atoms. The van der Waals surface area contributed by atoms with Crippen molar-refractivity contribution in [1.29, 1.82) is 0 Å². The maximum absolute atomic E-state index is 11.5. The third-order valence-corrected chi connectivity index (χ3v) is 3.99. The van der Waals surface area contributed by atoms with Crippen LogP contribution in [0.2, 0.25) is 0 Å². The molecule has 110 valence electrons. The summed E-state index contributed by atoms with van der Waals surface area (Å²) in [5.74, 6) is 1.02. The topological polar surface area (TPSA) is 58.1 Å². The third kappa shape index (κ3) is 2.90. The summed E-state index contributed by atoms with van der Waals surface area (Å²) in [4.78, 5) is 17.8. The predicted octanol–water partition coefficient (Wildman–Crippen LogP) is 3.32. The second kappa shape index (κ2) is 5.11. The van der Waals surface area contributed by atoms with E-state index in [0.29, 0.717) is 6.42 Å². The molecule has 1 saturated heterocycles. The Balaban J connectivity index is 1.77. The third-order valence-electron chi connectivity index (χ3n) is 3.36. The molecular formula is C15H18N4OS. The average molecular weight is 302 g/mol. The van der Waals surface area contributed by atoms with Crippen LogP contribution in [-0.2, 0) is 10.2 Å². The van der Waals surface area contributed by atoms with E-state index in [4.69, 9.17) is 0 Å². The SMILES string of the molecule is CC(C)(C)c1nsc(Nc2cccc(N3CCC3=O)c2)n1. The van der Waals surface area contributed by atoms with Crippen LogP contribution in [0.3, 0.4) is 0 Å². The van der Waals surface area contributed by atoms with Gasteiger partial charge in [-0.3, -0.25) is 4.79 Å². The van der Waals surface area contributed by atoms with E-state index in [2.05, 4.69) is 35.4 Å². The zero-order valence-corrected chi connectivity index (χ0v) is 13.2. The highest BCUT2D eigenvalue weighted by molar-refractivity contribution is 7.09. The maximum Gasteiger partial charge on any atom is 0.228 e. The van der Waals surface area contributed by atoms with Crippen molar-refractivity contribution in [3.63, 3.8) is 0 Å². The number of hydrogen-bond acceptors (Lipinski definition) is 5. The first-order valence-corrected chi connectivity index (χ1v) is 7.72. The fourth-order valence-corrected chi connectivity index (χ4v) is 2.82. The van der Waals surface area contributed by atoms with Crippen LogP contribution in [0.4, 0.5) is 16.5 Å². The number of rotatable bonds is 3. The van der Waals surface area contributed by atoms with Crippen molar-refractivity contribution in [1.82, 2.24) is 9.36 Å². The molecule has 2 aromatic rings. The van der Waals surface area contributed by atoms with E-state index >= 15 is 0 Å². The van der Waals surface area contributed by atoms with Crippen LogP contribution in [-0.4, -0.2) is 21.8 Å². The monoisotopic (exact) mass is 302 g/mol. The van der Waals surface area contributed by atoms with Crippen molar-refractivity contribution in [3.05, 3.63) is 30.1 Å². The minimum Gasteiger partial charge on any atom is -0.330 e. The normalized spacial score (nSPS) is 15.0. The maximum atomic E-state index is 11.5. The summed E-state index contributed by atoms with van der Waals surface area (Å²) >= 11 is 1.35. The molecule has 0 unspecified atom stereocenters. The average Bonchev–Trinajstić information content (AvgIpc) is 2.86. The van der Waals surface area contributed by atoms with Gasteiger partial charge >= 0.3 is 0 Å². The van der Waals surface area contributed by atoms with Gasteiger partial charge in [0.15, 0.2) is 0 Å². The molecule has 1 aromatic carbocycles. The summed E-state index contributed by atoms with van der Waals surface area (Å²) in [6.45, 7) is 7.08. The van der Waals surface area contributed by atoms with Crippen molar-refractivity contribution in [2.24, 2.45) is 0 Å². The van der Waals surface area contributed by atoms with Crippen LogP contribution in [0.1, 0.15) is 33.0 Å². The van der Waals surface area contributed by atoms with Crippen molar-refractivity contribution in [2.45, 2.75) is 32.6 Å². The van der Waals surface area contributed by atoms with Crippen molar-refractivity contribution < 1.29 is 4.79 Å². The number of amides is 1. The first kappa shape index (κ1) is 14.0. The summed E-state index contributed by atoms with van der Waals surface area (Å²) in [5.41, 5.74) is 1.79. The van der Waals surface area contributed by atoms with Gasteiger partial charge in [-0.05, 0) is 18.2 Å². The molecule has 0 spiro atoms. The standard InChI is InChI=1S/C15H18N4OS/c1-15(2,3)13-17-14(21-18-13)16-10-5-4-6-11(9-10)19-8-7-12(19)20/h4-6,9H,7-8H2,1-3H3,(H,16,17,18). The molecule has 1 fully saturated rings. The Morgan fingerprint density at radius 2 is 2.14 bits per heavy atom. The summed E-state index contributed by atoms with van der Waals surface area (Å²) in [7, 11) is 0. The lowest BCUT2D eigenvalue weighted by Crippen LogP contribution is -2.43.